The molecule has 2 fully saturated rings. The van der Waals surface area contributed by atoms with E-state index < -0.39 is 11.4 Å². The van der Waals surface area contributed by atoms with Crippen molar-refractivity contribution in [3.8, 4) is 11.5 Å². The Morgan fingerprint density at radius 1 is 1.43 bits per heavy atom. The van der Waals surface area contributed by atoms with E-state index in [9.17, 15) is 9.90 Å². The number of nitrogens with zero attached hydrogens (tertiary/aromatic N) is 1. The van der Waals surface area contributed by atoms with Crippen molar-refractivity contribution in [2.75, 3.05) is 27.2 Å². The highest BCUT2D eigenvalue weighted by atomic mass is 79.9. The first-order valence-electron chi connectivity index (χ1n) is 6.93. The molecule has 1 aliphatic heterocycles. The van der Waals surface area contributed by atoms with Crippen LogP contribution in [0.4, 0.5) is 0 Å². The fourth-order valence-electron chi connectivity index (χ4n) is 2.80. The zero-order valence-corrected chi connectivity index (χ0v) is 13.6. The van der Waals surface area contributed by atoms with Gasteiger partial charge in [-0.3, -0.25) is 9.69 Å². The summed E-state index contributed by atoms with van der Waals surface area (Å²) < 4.78 is 12.3. The van der Waals surface area contributed by atoms with Crippen LogP contribution < -0.4 is 9.47 Å². The summed E-state index contributed by atoms with van der Waals surface area (Å²) in [5, 5.41) is 9.56. The van der Waals surface area contributed by atoms with Crippen molar-refractivity contribution in [3.05, 3.63) is 22.2 Å². The van der Waals surface area contributed by atoms with Gasteiger partial charge in [0.2, 0.25) is 0 Å². The van der Waals surface area contributed by atoms with Crippen LogP contribution in [-0.2, 0) is 10.2 Å². The van der Waals surface area contributed by atoms with E-state index in [0.717, 1.165) is 23.1 Å². The maximum atomic E-state index is 11.6. The third kappa shape index (κ3) is 2.51. The Labute approximate surface area is 132 Å². The zero-order chi connectivity index (χ0) is 15.2. The Bertz CT molecular complexity index is 579. The molecule has 0 atom stereocenters. The smallest absolute Gasteiger partial charge is 0.314 e. The van der Waals surface area contributed by atoms with Crippen molar-refractivity contribution in [1.82, 2.24) is 4.90 Å². The van der Waals surface area contributed by atoms with Gasteiger partial charge < -0.3 is 14.6 Å². The molecule has 6 heteroatoms. The van der Waals surface area contributed by atoms with Crippen molar-refractivity contribution < 1.29 is 19.4 Å². The van der Waals surface area contributed by atoms with Crippen molar-refractivity contribution in [3.63, 3.8) is 0 Å². The molecule has 114 valence electrons. The molecule has 0 bridgehead atoms. The minimum atomic E-state index is -0.817. The molecule has 1 saturated carbocycles. The van der Waals surface area contributed by atoms with E-state index in [1.807, 2.05) is 19.2 Å². The van der Waals surface area contributed by atoms with Crippen LogP contribution in [-0.4, -0.2) is 49.3 Å². The largest absolute Gasteiger partial charge is 0.493 e. The second-order valence-corrected chi connectivity index (χ2v) is 6.75. The standard InChI is InChI=1S/C15H18BrNO4/c1-17-7-10(8-17)21-13-11(15(3-4-15)14(18)19)5-9(16)6-12(13)20-2/h5-6,10H,3-4,7-8H2,1-2H3,(H,18,19). The summed E-state index contributed by atoms with van der Waals surface area (Å²) in [5.41, 5.74) is -0.0991. The van der Waals surface area contributed by atoms with Crippen LogP contribution >= 0.6 is 15.9 Å². The molecular weight excluding hydrogens is 338 g/mol. The molecule has 1 aromatic carbocycles. The summed E-state index contributed by atoms with van der Waals surface area (Å²) in [7, 11) is 3.60. The molecule has 1 aromatic rings. The van der Waals surface area contributed by atoms with Gasteiger partial charge in [-0.2, -0.15) is 0 Å². The van der Waals surface area contributed by atoms with Gasteiger partial charge in [-0.15, -0.1) is 0 Å². The van der Waals surface area contributed by atoms with E-state index in [2.05, 4.69) is 20.8 Å². The first kappa shape index (κ1) is 14.7. The molecule has 0 aromatic heterocycles. The number of likely N-dealkylation sites (tertiary alicyclic amines) is 1. The predicted molar refractivity (Wildman–Crippen MR) is 81.2 cm³/mol. The Kier molecular flexibility index (Phi) is 3.61. The van der Waals surface area contributed by atoms with E-state index in [4.69, 9.17) is 9.47 Å². The lowest BCUT2D eigenvalue weighted by molar-refractivity contribution is -0.140. The zero-order valence-electron chi connectivity index (χ0n) is 12.1. The number of benzene rings is 1. The average Bonchev–Trinajstić information content (AvgIpc) is 3.19. The molecule has 1 aliphatic carbocycles. The van der Waals surface area contributed by atoms with E-state index in [1.165, 1.54) is 0 Å². The fraction of sp³-hybridized carbons (Fsp3) is 0.533. The predicted octanol–water partition coefficient (Wildman–Crippen LogP) is 2.27. The van der Waals surface area contributed by atoms with Gasteiger partial charge in [0.15, 0.2) is 11.5 Å². The molecule has 1 saturated heterocycles. The van der Waals surface area contributed by atoms with Crippen LogP contribution in [0.1, 0.15) is 18.4 Å². The van der Waals surface area contributed by atoms with Crippen LogP contribution in [0.5, 0.6) is 11.5 Å². The van der Waals surface area contributed by atoms with Crippen LogP contribution in [0.15, 0.2) is 16.6 Å². The molecule has 3 rings (SSSR count). The summed E-state index contributed by atoms with van der Waals surface area (Å²) in [4.78, 5) is 13.8. The first-order chi connectivity index (χ1) is 9.96. The minimum absolute atomic E-state index is 0.0911. The summed E-state index contributed by atoms with van der Waals surface area (Å²) in [5.74, 6) is 0.374. The van der Waals surface area contributed by atoms with Crippen molar-refractivity contribution >= 4 is 21.9 Å². The molecule has 1 heterocycles. The number of carboxylic acid groups (broad SMARTS) is 1. The number of methoxy groups -OCH3 is 1. The van der Waals surface area contributed by atoms with Gasteiger partial charge in [0.05, 0.1) is 12.5 Å². The molecule has 1 N–H and O–H groups in total. The molecule has 0 spiro atoms. The molecule has 21 heavy (non-hydrogen) atoms. The fourth-order valence-corrected chi connectivity index (χ4v) is 3.24. The van der Waals surface area contributed by atoms with Gasteiger partial charge in [-0.25, -0.2) is 0 Å². The van der Waals surface area contributed by atoms with E-state index in [-0.39, 0.29) is 6.10 Å². The van der Waals surface area contributed by atoms with Crippen molar-refractivity contribution in [1.29, 1.82) is 0 Å². The number of likely N-dealkylation sites (N-methyl/N-ethyl adjacent to an activating group) is 1. The number of carbonyl (C=O) groups is 1. The van der Waals surface area contributed by atoms with Crippen LogP contribution in [0, 0.1) is 0 Å². The quantitative estimate of drug-likeness (QED) is 0.877. The molecular formula is C15H18BrNO4. The molecule has 0 unspecified atom stereocenters. The SMILES string of the molecule is COc1cc(Br)cc(C2(C(=O)O)CC2)c1OC1CN(C)C1. The van der Waals surface area contributed by atoms with Gasteiger partial charge in [0, 0.05) is 23.1 Å². The summed E-state index contributed by atoms with van der Waals surface area (Å²) in [6.45, 7) is 1.69. The Morgan fingerprint density at radius 2 is 2.10 bits per heavy atom. The monoisotopic (exact) mass is 355 g/mol. The van der Waals surface area contributed by atoms with E-state index in [0.29, 0.717) is 24.3 Å². The number of carboxylic acids is 1. The first-order valence-corrected chi connectivity index (χ1v) is 7.72. The third-order valence-electron chi connectivity index (χ3n) is 4.23. The normalized spacial score (nSPS) is 20.7. The maximum absolute atomic E-state index is 11.6. The average molecular weight is 356 g/mol. The Morgan fingerprint density at radius 3 is 2.57 bits per heavy atom. The lowest BCUT2D eigenvalue weighted by Gasteiger charge is -2.37. The summed E-state index contributed by atoms with van der Waals surface area (Å²) in [6.07, 6.45) is 1.37. The number of hydrogen-bond donors (Lipinski definition) is 1. The summed E-state index contributed by atoms with van der Waals surface area (Å²) >= 11 is 3.43. The highest BCUT2D eigenvalue weighted by molar-refractivity contribution is 9.10. The van der Waals surface area contributed by atoms with Crippen LogP contribution in [0.3, 0.4) is 0 Å². The molecule has 0 amide bonds. The molecule has 5 nitrogen and oxygen atoms in total. The highest BCUT2D eigenvalue weighted by Crippen LogP contribution is 2.54. The van der Waals surface area contributed by atoms with Gasteiger partial charge >= 0.3 is 5.97 Å². The highest BCUT2D eigenvalue weighted by Gasteiger charge is 2.54. The second kappa shape index (κ2) is 5.18. The molecule has 2 aliphatic rings. The molecule has 0 radical (unpaired) electrons. The minimum Gasteiger partial charge on any atom is -0.493 e. The number of ether oxygens (including phenoxy) is 2. The van der Waals surface area contributed by atoms with Crippen molar-refractivity contribution in [2.45, 2.75) is 24.4 Å². The van der Waals surface area contributed by atoms with Gasteiger partial charge in [-0.1, -0.05) is 15.9 Å². The second-order valence-electron chi connectivity index (χ2n) is 5.83. The maximum Gasteiger partial charge on any atom is 0.314 e. The van der Waals surface area contributed by atoms with Crippen molar-refractivity contribution in [2.24, 2.45) is 0 Å². The van der Waals surface area contributed by atoms with Crippen LogP contribution in [0.25, 0.3) is 0 Å². The number of aliphatic carboxylic acids is 1. The number of halogens is 1. The number of hydrogen-bond acceptors (Lipinski definition) is 4. The third-order valence-corrected chi connectivity index (χ3v) is 4.69. The van der Waals surface area contributed by atoms with E-state index >= 15 is 0 Å². The van der Waals surface area contributed by atoms with Gasteiger partial charge in [0.25, 0.3) is 0 Å². The topological polar surface area (TPSA) is 59.0 Å². The Balaban J connectivity index is 2.00. The number of rotatable bonds is 5. The van der Waals surface area contributed by atoms with Gasteiger partial charge in [-0.05, 0) is 32.0 Å². The Hall–Kier alpha value is -1.27. The van der Waals surface area contributed by atoms with E-state index in [1.54, 1.807) is 7.11 Å². The lowest BCUT2D eigenvalue weighted by Crippen LogP contribution is -2.51. The summed E-state index contributed by atoms with van der Waals surface area (Å²) in [6, 6.07) is 3.67. The lowest BCUT2D eigenvalue weighted by atomic mass is 9.94. The van der Waals surface area contributed by atoms with Gasteiger partial charge in [0.1, 0.15) is 6.10 Å². The van der Waals surface area contributed by atoms with Crippen LogP contribution in [0.2, 0.25) is 0 Å².